The van der Waals surface area contributed by atoms with Crippen molar-refractivity contribution >= 4 is 15.7 Å². The van der Waals surface area contributed by atoms with Crippen LogP contribution in [0, 0.1) is 12.7 Å². The molecule has 0 aliphatic carbocycles. The fraction of sp³-hybridized carbons (Fsp3) is 0.182. The first-order chi connectivity index (χ1) is 13.9. The van der Waals surface area contributed by atoms with Crippen LogP contribution in [0.5, 0.6) is 11.5 Å². The van der Waals surface area contributed by atoms with Crippen LogP contribution in [0.2, 0.25) is 0 Å². The molecule has 5 nitrogen and oxygen atoms in total. The maximum absolute atomic E-state index is 13.4. The molecule has 0 aromatic heterocycles. The van der Waals surface area contributed by atoms with E-state index >= 15 is 0 Å². The highest BCUT2D eigenvalue weighted by molar-refractivity contribution is 7.92. The number of aryl methyl sites for hydroxylation is 1. The zero-order valence-electron chi connectivity index (χ0n) is 16.4. The minimum atomic E-state index is -3.96. The predicted molar refractivity (Wildman–Crippen MR) is 110 cm³/mol. The summed E-state index contributed by atoms with van der Waals surface area (Å²) < 4.78 is 52.1. The molecule has 0 unspecified atom stereocenters. The second-order valence-electron chi connectivity index (χ2n) is 6.43. The first kappa shape index (κ1) is 20.7. The van der Waals surface area contributed by atoms with Crippen LogP contribution in [0.1, 0.15) is 11.1 Å². The molecule has 152 valence electrons. The van der Waals surface area contributed by atoms with Crippen molar-refractivity contribution < 1.29 is 22.3 Å². The van der Waals surface area contributed by atoms with Gasteiger partial charge >= 0.3 is 0 Å². The fourth-order valence-corrected chi connectivity index (χ4v) is 4.41. The van der Waals surface area contributed by atoms with Crippen LogP contribution in [-0.4, -0.2) is 22.6 Å². The number of nitrogens with zero attached hydrogens (tertiary/aromatic N) is 1. The van der Waals surface area contributed by atoms with Crippen LogP contribution >= 0.6 is 0 Å². The lowest BCUT2D eigenvalue weighted by atomic mass is 10.1. The Bertz CT molecular complexity index is 1100. The third-order valence-electron chi connectivity index (χ3n) is 4.63. The lowest BCUT2D eigenvalue weighted by Crippen LogP contribution is -2.31. The predicted octanol–water partition coefficient (Wildman–Crippen LogP) is 4.55. The molecule has 0 fully saturated rings. The number of methoxy groups -OCH3 is 2. The third-order valence-corrected chi connectivity index (χ3v) is 6.42. The van der Waals surface area contributed by atoms with Crippen molar-refractivity contribution in [2.75, 3.05) is 18.5 Å². The molecule has 29 heavy (non-hydrogen) atoms. The average Bonchev–Trinajstić information content (AvgIpc) is 2.72. The van der Waals surface area contributed by atoms with Gasteiger partial charge in [0, 0.05) is 6.07 Å². The molecule has 3 aromatic rings. The summed E-state index contributed by atoms with van der Waals surface area (Å²) in [6.07, 6.45) is 0. The van der Waals surface area contributed by atoms with Crippen molar-refractivity contribution in [3.05, 3.63) is 83.7 Å². The summed E-state index contributed by atoms with van der Waals surface area (Å²) in [7, 11) is -0.960. The molecular weight excluding hydrogens is 393 g/mol. The number of hydrogen-bond acceptors (Lipinski definition) is 4. The van der Waals surface area contributed by atoms with Crippen molar-refractivity contribution in [2.45, 2.75) is 18.4 Å². The number of rotatable bonds is 7. The van der Waals surface area contributed by atoms with Gasteiger partial charge in [0.25, 0.3) is 10.0 Å². The zero-order valence-corrected chi connectivity index (χ0v) is 17.2. The second kappa shape index (κ2) is 8.53. The first-order valence-corrected chi connectivity index (χ1v) is 10.4. The molecule has 0 saturated heterocycles. The van der Waals surface area contributed by atoms with Crippen LogP contribution < -0.4 is 13.8 Å². The van der Waals surface area contributed by atoms with Gasteiger partial charge in [0.1, 0.15) is 5.82 Å². The normalized spacial score (nSPS) is 11.2. The molecule has 0 radical (unpaired) electrons. The minimum Gasteiger partial charge on any atom is -0.493 e. The van der Waals surface area contributed by atoms with Crippen LogP contribution in [0.15, 0.2) is 71.6 Å². The molecule has 0 heterocycles. The van der Waals surface area contributed by atoms with Gasteiger partial charge < -0.3 is 9.47 Å². The number of hydrogen-bond donors (Lipinski definition) is 0. The van der Waals surface area contributed by atoms with E-state index in [0.29, 0.717) is 17.2 Å². The Morgan fingerprint density at radius 3 is 2.17 bits per heavy atom. The molecule has 0 amide bonds. The summed E-state index contributed by atoms with van der Waals surface area (Å²) in [5.74, 6) is 0.404. The summed E-state index contributed by atoms with van der Waals surface area (Å²) in [6, 6.07) is 17.3. The van der Waals surface area contributed by atoms with E-state index < -0.39 is 15.8 Å². The van der Waals surface area contributed by atoms with Gasteiger partial charge in [-0.3, -0.25) is 4.31 Å². The van der Waals surface area contributed by atoms with Gasteiger partial charge in [-0.2, -0.15) is 0 Å². The van der Waals surface area contributed by atoms with Gasteiger partial charge in [0.05, 0.1) is 31.3 Å². The largest absolute Gasteiger partial charge is 0.493 e. The Balaban J connectivity index is 2.14. The van der Waals surface area contributed by atoms with Crippen molar-refractivity contribution in [3.8, 4) is 11.5 Å². The summed E-state index contributed by atoms with van der Waals surface area (Å²) in [4.78, 5) is 0.00210. The van der Waals surface area contributed by atoms with Crippen LogP contribution in [-0.2, 0) is 16.6 Å². The maximum Gasteiger partial charge on any atom is 0.264 e. The van der Waals surface area contributed by atoms with Crippen molar-refractivity contribution in [2.24, 2.45) is 0 Å². The van der Waals surface area contributed by atoms with Gasteiger partial charge in [-0.05, 0) is 54.4 Å². The molecule has 0 aliphatic rings. The van der Waals surface area contributed by atoms with E-state index in [2.05, 4.69) is 0 Å². The molecule has 3 rings (SSSR count). The van der Waals surface area contributed by atoms with Crippen molar-refractivity contribution in [1.82, 2.24) is 0 Å². The van der Waals surface area contributed by atoms with Gasteiger partial charge in [0.15, 0.2) is 11.5 Å². The molecule has 0 atom stereocenters. The second-order valence-corrected chi connectivity index (χ2v) is 8.29. The highest BCUT2D eigenvalue weighted by Gasteiger charge is 2.26. The van der Waals surface area contributed by atoms with Gasteiger partial charge in [0.2, 0.25) is 0 Å². The number of benzene rings is 3. The highest BCUT2D eigenvalue weighted by atomic mass is 32.2. The van der Waals surface area contributed by atoms with Crippen LogP contribution in [0.4, 0.5) is 10.1 Å². The van der Waals surface area contributed by atoms with Gasteiger partial charge in [-0.25, -0.2) is 12.8 Å². The lowest BCUT2D eigenvalue weighted by molar-refractivity contribution is 0.355. The molecular formula is C22H22FNO4S. The quantitative estimate of drug-likeness (QED) is 0.568. The zero-order chi connectivity index (χ0) is 21.0. The van der Waals surface area contributed by atoms with Crippen molar-refractivity contribution in [3.63, 3.8) is 0 Å². The van der Waals surface area contributed by atoms with E-state index in [4.69, 9.17) is 9.47 Å². The summed E-state index contributed by atoms with van der Waals surface area (Å²) in [5.41, 5.74) is 2.23. The lowest BCUT2D eigenvalue weighted by Gasteiger charge is -2.26. The number of anilines is 1. The smallest absolute Gasteiger partial charge is 0.264 e. The van der Waals surface area contributed by atoms with Crippen LogP contribution in [0.25, 0.3) is 0 Å². The molecule has 0 spiro atoms. The Hall–Kier alpha value is -3.06. The molecule has 0 aliphatic heterocycles. The summed E-state index contributed by atoms with van der Waals surface area (Å²) in [5, 5.41) is 0. The molecule has 0 saturated carbocycles. The summed E-state index contributed by atoms with van der Waals surface area (Å²) in [6.45, 7) is 2.04. The first-order valence-electron chi connectivity index (χ1n) is 8.91. The Labute approximate surface area is 170 Å². The topological polar surface area (TPSA) is 55.8 Å². The van der Waals surface area contributed by atoms with Crippen LogP contribution in [0.3, 0.4) is 0 Å². The van der Waals surface area contributed by atoms with Gasteiger partial charge in [-0.15, -0.1) is 0 Å². The Morgan fingerprint density at radius 2 is 1.55 bits per heavy atom. The highest BCUT2D eigenvalue weighted by Crippen LogP contribution is 2.35. The third kappa shape index (κ3) is 4.35. The average molecular weight is 415 g/mol. The van der Waals surface area contributed by atoms with E-state index in [1.54, 1.807) is 18.2 Å². The maximum atomic E-state index is 13.4. The molecule has 7 heteroatoms. The summed E-state index contributed by atoms with van der Waals surface area (Å²) >= 11 is 0. The monoisotopic (exact) mass is 415 g/mol. The standard InChI is InChI=1S/C22H22FNO4S/c1-16-6-4-5-7-17(16)15-24(19-10-13-21(27-2)22(14-19)28-3)29(25,26)20-11-8-18(23)9-12-20/h4-14H,15H2,1-3H3. The van der Waals surface area contributed by atoms with E-state index in [1.807, 2.05) is 31.2 Å². The number of ether oxygens (including phenoxy) is 2. The van der Waals surface area contributed by atoms with Crippen molar-refractivity contribution in [1.29, 1.82) is 0 Å². The Kier molecular flexibility index (Phi) is 6.08. The molecule has 0 N–H and O–H groups in total. The van der Waals surface area contributed by atoms with E-state index in [-0.39, 0.29) is 11.4 Å². The Morgan fingerprint density at radius 1 is 0.897 bits per heavy atom. The molecule has 0 bridgehead atoms. The SMILES string of the molecule is COc1ccc(N(Cc2ccccc2C)S(=O)(=O)c2ccc(F)cc2)cc1OC. The van der Waals surface area contributed by atoms with E-state index in [9.17, 15) is 12.8 Å². The molecule has 3 aromatic carbocycles. The number of sulfonamides is 1. The fourth-order valence-electron chi connectivity index (χ4n) is 2.97. The van der Waals surface area contributed by atoms with E-state index in [1.165, 1.54) is 30.7 Å². The van der Waals surface area contributed by atoms with E-state index in [0.717, 1.165) is 23.3 Å². The van der Waals surface area contributed by atoms with Gasteiger partial charge in [-0.1, -0.05) is 24.3 Å². The number of halogens is 1. The minimum absolute atomic E-state index is 0.00210.